The van der Waals surface area contributed by atoms with Crippen LogP contribution in [-0.4, -0.2) is 9.97 Å². The predicted molar refractivity (Wildman–Crippen MR) is 73.8 cm³/mol. The van der Waals surface area contributed by atoms with Crippen LogP contribution in [0.25, 0.3) is 11.3 Å². The molecule has 0 fully saturated rings. The number of aromatic amines is 1. The molecule has 2 nitrogen and oxygen atoms in total. The van der Waals surface area contributed by atoms with E-state index in [1.165, 1.54) is 12.1 Å². The third kappa shape index (κ3) is 2.94. The fourth-order valence-corrected chi connectivity index (χ4v) is 2.21. The molecule has 94 valence electrons. The molecular formula is C13H12ClFN2S. The van der Waals surface area contributed by atoms with Crippen molar-refractivity contribution in [1.82, 2.24) is 9.97 Å². The Morgan fingerprint density at radius 1 is 1.39 bits per heavy atom. The van der Waals surface area contributed by atoms with E-state index < -0.39 is 0 Å². The molecule has 1 aromatic carbocycles. The van der Waals surface area contributed by atoms with E-state index in [1.54, 1.807) is 12.1 Å². The first-order chi connectivity index (χ1) is 8.60. The van der Waals surface area contributed by atoms with Crippen molar-refractivity contribution in [3.63, 3.8) is 0 Å². The SMILES string of the molecule is CCCc1nc(=S)cc(-c2ccc(F)cc2Cl)[nH]1. The summed E-state index contributed by atoms with van der Waals surface area (Å²) in [5.41, 5.74) is 1.49. The van der Waals surface area contributed by atoms with Crippen molar-refractivity contribution < 1.29 is 4.39 Å². The van der Waals surface area contributed by atoms with Gasteiger partial charge >= 0.3 is 0 Å². The van der Waals surface area contributed by atoms with Crippen LogP contribution in [0.1, 0.15) is 19.2 Å². The van der Waals surface area contributed by atoms with Gasteiger partial charge in [-0.3, -0.25) is 0 Å². The van der Waals surface area contributed by atoms with Crippen LogP contribution < -0.4 is 0 Å². The summed E-state index contributed by atoms with van der Waals surface area (Å²) in [6.07, 6.45) is 1.79. The zero-order valence-corrected chi connectivity index (χ0v) is 11.4. The second kappa shape index (κ2) is 5.59. The molecule has 1 aromatic heterocycles. The highest BCUT2D eigenvalue weighted by molar-refractivity contribution is 7.71. The summed E-state index contributed by atoms with van der Waals surface area (Å²) in [6.45, 7) is 2.07. The Balaban J connectivity index is 2.53. The lowest BCUT2D eigenvalue weighted by Gasteiger charge is -2.07. The van der Waals surface area contributed by atoms with E-state index in [-0.39, 0.29) is 5.82 Å². The summed E-state index contributed by atoms with van der Waals surface area (Å²) in [5.74, 6) is 0.463. The first kappa shape index (κ1) is 13.2. The second-order valence-electron chi connectivity index (χ2n) is 3.95. The van der Waals surface area contributed by atoms with Gasteiger partial charge in [0.25, 0.3) is 0 Å². The third-order valence-corrected chi connectivity index (χ3v) is 3.02. The molecule has 0 radical (unpaired) electrons. The third-order valence-electron chi connectivity index (χ3n) is 2.50. The number of hydrogen-bond donors (Lipinski definition) is 1. The summed E-state index contributed by atoms with van der Waals surface area (Å²) in [5, 5.41) is 0.356. The van der Waals surface area contributed by atoms with Crippen LogP contribution in [0.2, 0.25) is 5.02 Å². The normalized spacial score (nSPS) is 10.6. The van der Waals surface area contributed by atoms with E-state index in [4.69, 9.17) is 23.8 Å². The predicted octanol–water partition coefficient (Wildman–Crippen LogP) is 4.55. The minimum Gasteiger partial charge on any atom is -0.343 e. The summed E-state index contributed by atoms with van der Waals surface area (Å²) < 4.78 is 13.5. The zero-order valence-electron chi connectivity index (χ0n) is 9.84. The van der Waals surface area contributed by atoms with E-state index in [9.17, 15) is 4.39 Å². The molecule has 0 atom stereocenters. The number of H-pyrrole nitrogens is 1. The van der Waals surface area contributed by atoms with Crippen LogP contribution in [0, 0.1) is 10.5 Å². The van der Waals surface area contributed by atoms with Gasteiger partial charge in [-0.15, -0.1) is 0 Å². The van der Waals surface area contributed by atoms with Crippen LogP contribution in [0.3, 0.4) is 0 Å². The molecule has 0 aliphatic rings. The lowest BCUT2D eigenvalue weighted by atomic mass is 10.1. The van der Waals surface area contributed by atoms with Crippen molar-refractivity contribution >= 4 is 23.8 Å². The Hall–Kier alpha value is -1.26. The van der Waals surface area contributed by atoms with Crippen molar-refractivity contribution in [2.75, 3.05) is 0 Å². The first-order valence-corrected chi connectivity index (χ1v) is 6.44. The summed E-state index contributed by atoms with van der Waals surface area (Å²) >= 11 is 11.2. The molecule has 5 heteroatoms. The minimum atomic E-state index is -0.356. The molecule has 2 rings (SSSR count). The molecule has 2 aromatic rings. The fraction of sp³-hybridized carbons (Fsp3) is 0.231. The van der Waals surface area contributed by atoms with E-state index in [2.05, 4.69) is 16.9 Å². The van der Waals surface area contributed by atoms with Crippen LogP contribution in [-0.2, 0) is 6.42 Å². The number of rotatable bonds is 3. The molecule has 0 spiro atoms. The van der Waals surface area contributed by atoms with Gasteiger partial charge in [-0.25, -0.2) is 9.37 Å². The highest BCUT2D eigenvalue weighted by Gasteiger charge is 2.07. The average Bonchev–Trinajstić information content (AvgIpc) is 2.28. The molecule has 0 saturated carbocycles. The smallest absolute Gasteiger partial charge is 0.130 e. The Bertz CT molecular complexity index is 625. The zero-order chi connectivity index (χ0) is 13.1. The molecule has 0 aliphatic heterocycles. The Labute approximate surface area is 115 Å². The van der Waals surface area contributed by atoms with Crippen LogP contribution >= 0.6 is 23.8 Å². The van der Waals surface area contributed by atoms with Gasteiger partial charge in [0.15, 0.2) is 0 Å². The maximum Gasteiger partial charge on any atom is 0.130 e. The molecule has 0 saturated heterocycles. The maximum absolute atomic E-state index is 13.0. The Morgan fingerprint density at radius 2 is 2.17 bits per heavy atom. The number of nitrogens with zero attached hydrogens (tertiary/aromatic N) is 1. The molecular weight excluding hydrogens is 271 g/mol. The van der Waals surface area contributed by atoms with E-state index in [0.29, 0.717) is 9.66 Å². The van der Waals surface area contributed by atoms with Gasteiger partial charge in [-0.2, -0.15) is 0 Å². The molecule has 0 aliphatic carbocycles. The Morgan fingerprint density at radius 3 is 2.83 bits per heavy atom. The quantitative estimate of drug-likeness (QED) is 0.837. The molecule has 0 unspecified atom stereocenters. The second-order valence-corrected chi connectivity index (χ2v) is 4.78. The lowest BCUT2D eigenvalue weighted by molar-refractivity contribution is 0.628. The summed E-state index contributed by atoms with van der Waals surface area (Å²) in [6, 6.07) is 6.02. The Kier molecular flexibility index (Phi) is 4.09. The van der Waals surface area contributed by atoms with Crippen LogP contribution in [0.4, 0.5) is 4.39 Å². The highest BCUT2D eigenvalue weighted by Crippen LogP contribution is 2.27. The topological polar surface area (TPSA) is 28.7 Å². The van der Waals surface area contributed by atoms with Crippen LogP contribution in [0.15, 0.2) is 24.3 Å². The van der Waals surface area contributed by atoms with Crippen molar-refractivity contribution in [3.05, 3.63) is 45.6 Å². The maximum atomic E-state index is 13.0. The number of aromatic nitrogens is 2. The lowest BCUT2D eigenvalue weighted by Crippen LogP contribution is -1.97. The fourth-order valence-electron chi connectivity index (χ4n) is 1.72. The van der Waals surface area contributed by atoms with Crippen LogP contribution in [0.5, 0.6) is 0 Å². The van der Waals surface area contributed by atoms with Gasteiger partial charge in [0.05, 0.1) is 10.7 Å². The molecule has 18 heavy (non-hydrogen) atoms. The minimum absolute atomic E-state index is 0.356. The average molecular weight is 283 g/mol. The summed E-state index contributed by atoms with van der Waals surface area (Å²) in [7, 11) is 0. The number of benzene rings is 1. The van der Waals surface area contributed by atoms with Crippen molar-refractivity contribution in [2.45, 2.75) is 19.8 Å². The number of hydrogen-bond acceptors (Lipinski definition) is 2. The molecule has 0 amide bonds. The number of nitrogens with one attached hydrogen (secondary N) is 1. The monoisotopic (exact) mass is 282 g/mol. The van der Waals surface area contributed by atoms with Gasteiger partial charge in [0.2, 0.25) is 0 Å². The van der Waals surface area contributed by atoms with E-state index in [0.717, 1.165) is 29.9 Å². The largest absolute Gasteiger partial charge is 0.343 e. The summed E-state index contributed by atoms with van der Waals surface area (Å²) in [4.78, 5) is 7.42. The van der Waals surface area contributed by atoms with Crippen molar-refractivity contribution in [2.24, 2.45) is 0 Å². The van der Waals surface area contributed by atoms with E-state index in [1.807, 2.05) is 0 Å². The van der Waals surface area contributed by atoms with Crippen molar-refractivity contribution in [3.8, 4) is 11.3 Å². The standard InChI is InChI=1S/C13H12ClFN2S/c1-2-3-12-16-11(7-13(18)17-12)9-5-4-8(15)6-10(9)14/h4-7H,2-3H2,1H3,(H,16,17,18). The van der Waals surface area contributed by atoms with Gasteiger partial charge in [0.1, 0.15) is 16.3 Å². The first-order valence-electron chi connectivity index (χ1n) is 5.66. The number of aryl methyl sites for hydroxylation is 1. The van der Waals surface area contributed by atoms with Gasteiger partial charge in [-0.1, -0.05) is 30.7 Å². The van der Waals surface area contributed by atoms with Gasteiger partial charge in [0, 0.05) is 12.0 Å². The molecule has 1 N–H and O–H groups in total. The van der Waals surface area contributed by atoms with Gasteiger partial charge in [-0.05, 0) is 30.7 Å². The number of halogens is 2. The highest BCUT2D eigenvalue weighted by atomic mass is 35.5. The van der Waals surface area contributed by atoms with Crippen molar-refractivity contribution in [1.29, 1.82) is 0 Å². The van der Waals surface area contributed by atoms with E-state index >= 15 is 0 Å². The molecule has 1 heterocycles. The molecule has 0 bridgehead atoms. The van der Waals surface area contributed by atoms with Gasteiger partial charge < -0.3 is 4.98 Å².